The molecule has 0 N–H and O–H groups in total. The quantitative estimate of drug-likeness (QED) is 0.775. The van der Waals surface area contributed by atoms with Crippen LogP contribution in [0.2, 0.25) is 0 Å². The number of amides is 2. The molecule has 1 heterocycles. The number of nitrogens with zero attached hydrogens (tertiary/aromatic N) is 3. The molecule has 1 saturated heterocycles. The first-order chi connectivity index (χ1) is 13.5. The molecular formula is C23H29N3O2. The maximum atomic E-state index is 12.5. The molecule has 1 aliphatic heterocycles. The average Bonchev–Trinajstić information content (AvgIpc) is 2.73. The van der Waals surface area contributed by atoms with E-state index in [4.69, 9.17) is 0 Å². The first kappa shape index (κ1) is 20.1. The summed E-state index contributed by atoms with van der Waals surface area (Å²) >= 11 is 0. The van der Waals surface area contributed by atoms with Crippen molar-refractivity contribution in [3.8, 4) is 0 Å². The number of hydrogen-bond acceptors (Lipinski definition) is 3. The van der Waals surface area contributed by atoms with Crippen LogP contribution in [0.1, 0.15) is 27.9 Å². The van der Waals surface area contributed by atoms with E-state index in [-0.39, 0.29) is 11.8 Å². The lowest BCUT2D eigenvalue weighted by Crippen LogP contribution is -2.48. The number of rotatable bonds is 6. The number of benzene rings is 2. The van der Waals surface area contributed by atoms with Gasteiger partial charge in [-0.25, -0.2) is 0 Å². The second kappa shape index (κ2) is 9.51. The molecular weight excluding hydrogens is 350 g/mol. The van der Waals surface area contributed by atoms with Gasteiger partial charge in [0.25, 0.3) is 5.91 Å². The molecule has 2 aromatic carbocycles. The van der Waals surface area contributed by atoms with Gasteiger partial charge in [-0.1, -0.05) is 42.5 Å². The third kappa shape index (κ3) is 5.42. The van der Waals surface area contributed by atoms with E-state index in [2.05, 4.69) is 23.1 Å². The number of carbonyl (C=O) groups excluding carboxylic acids is 2. The predicted octanol–water partition coefficient (Wildman–Crippen LogP) is 2.67. The molecule has 0 spiro atoms. The van der Waals surface area contributed by atoms with Crippen LogP contribution in [0.5, 0.6) is 0 Å². The molecule has 0 aliphatic carbocycles. The fourth-order valence-electron chi connectivity index (χ4n) is 3.53. The summed E-state index contributed by atoms with van der Waals surface area (Å²) in [5.41, 5.74) is 3.07. The molecule has 1 aliphatic rings. The smallest absolute Gasteiger partial charge is 0.253 e. The highest BCUT2D eigenvalue weighted by atomic mass is 16.2. The molecule has 0 bridgehead atoms. The molecule has 0 unspecified atom stereocenters. The fraction of sp³-hybridized carbons (Fsp3) is 0.391. The number of piperazine rings is 1. The van der Waals surface area contributed by atoms with E-state index >= 15 is 0 Å². The molecule has 0 aromatic heterocycles. The van der Waals surface area contributed by atoms with Gasteiger partial charge in [0.1, 0.15) is 0 Å². The van der Waals surface area contributed by atoms with Crippen LogP contribution in [0.15, 0.2) is 54.6 Å². The van der Waals surface area contributed by atoms with Gasteiger partial charge < -0.3 is 9.80 Å². The third-order valence-corrected chi connectivity index (χ3v) is 5.18. The van der Waals surface area contributed by atoms with Gasteiger partial charge in [-0.15, -0.1) is 0 Å². The van der Waals surface area contributed by atoms with Crippen LogP contribution in [0.3, 0.4) is 0 Å². The summed E-state index contributed by atoms with van der Waals surface area (Å²) in [5.74, 6) is 0.262. The van der Waals surface area contributed by atoms with Crippen LogP contribution in [0.4, 0.5) is 0 Å². The summed E-state index contributed by atoms with van der Waals surface area (Å²) in [4.78, 5) is 30.5. The highest BCUT2D eigenvalue weighted by Crippen LogP contribution is 2.13. The molecule has 28 heavy (non-hydrogen) atoms. The standard InChI is InChI=1S/C23H29N3O2/c1-24(2)23(28)21-10-6-9-20(17-21)18-25-13-15-26(16-14-25)22(27)12-11-19-7-4-3-5-8-19/h3-10,17H,11-16,18H2,1-2H3. The Morgan fingerprint density at radius 1 is 0.893 bits per heavy atom. The summed E-state index contributed by atoms with van der Waals surface area (Å²) in [5, 5.41) is 0. The zero-order valence-electron chi connectivity index (χ0n) is 16.8. The minimum Gasteiger partial charge on any atom is -0.345 e. The van der Waals surface area contributed by atoms with Gasteiger partial charge in [0.05, 0.1) is 0 Å². The van der Waals surface area contributed by atoms with Crippen LogP contribution in [0.25, 0.3) is 0 Å². The fourth-order valence-corrected chi connectivity index (χ4v) is 3.53. The Hall–Kier alpha value is -2.66. The summed E-state index contributed by atoms with van der Waals surface area (Å²) in [6.07, 6.45) is 1.37. The lowest BCUT2D eigenvalue weighted by Gasteiger charge is -2.35. The Kier molecular flexibility index (Phi) is 6.82. The molecule has 2 amide bonds. The van der Waals surface area contributed by atoms with Gasteiger partial charge in [0, 0.05) is 58.8 Å². The Morgan fingerprint density at radius 3 is 2.25 bits per heavy atom. The molecule has 0 radical (unpaired) electrons. The molecule has 148 valence electrons. The zero-order chi connectivity index (χ0) is 19.9. The van der Waals surface area contributed by atoms with Crippen LogP contribution in [-0.2, 0) is 17.8 Å². The second-order valence-electron chi connectivity index (χ2n) is 7.54. The topological polar surface area (TPSA) is 43.9 Å². The van der Waals surface area contributed by atoms with Gasteiger partial charge in [-0.05, 0) is 29.7 Å². The Morgan fingerprint density at radius 2 is 1.57 bits per heavy atom. The molecule has 5 heteroatoms. The van der Waals surface area contributed by atoms with Crippen molar-refractivity contribution >= 4 is 11.8 Å². The summed E-state index contributed by atoms with van der Waals surface area (Å²) in [6.45, 7) is 4.07. The lowest BCUT2D eigenvalue weighted by molar-refractivity contribution is -0.133. The monoisotopic (exact) mass is 379 g/mol. The van der Waals surface area contributed by atoms with Crippen LogP contribution in [0, 0.1) is 0 Å². The van der Waals surface area contributed by atoms with Crippen LogP contribution >= 0.6 is 0 Å². The van der Waals surface area contributed by atoms with E-state index in [1.807, 2.05) is 41.3 Å². The van der Waals surface area contributed by atoms with Crippen molar-refractivity contribution in [2.45, 2.75) is 19.4 Å². The molecule has 0 atom stereocenters. The van der Waals surface area contributed by atoms with Gasteiger partial charge >= 0.3 is 0 Å². The van der Waals surface area contributed by atoms with Crippen molar-refractivity contribution in [1.82, 2.24) is 14.7 Å². The molecule has 5 nitrogen and oxygen atoms in total. The van der Waals surface area contributed by atoms with Crippen molar-refractivity contribution in [3.63, 3.8) is 0 Å². The van der Waals surface area contributed by atoms with E-state index in [1.165, 1.54) is 5.56 Å². The van der Waals surface area contributed by atoms with E-state index < -0.39 is 0 Å². The highest BCUT2D eigenvalue weighted by Gasteiger charge is 2.21. The highest BCUT2D eigenvalue weighted by molar-refractivity contribution is 5.94. The summed E-state index contributed by atoms with van der Waals surface area (Å²) < 4.78 is 0. The predicted molar refractivity (Wildman–Crippen MR) is 111 cm³/mol. The Labute approximate surface area is 167 Å². The van der Waals surface area contributed by atoms with E-state index in [0.717, 1.165) is 50.3 Å². The average molecular weight is 380 g/mol. The molecule has 1 fully saturated rings. The van der Waals surface area contributed by atoms with E-state index in [9.17, 15) is 9.59 Å². The SMILES string of the molecule is CN(C)C(=O)c1cccc(CN2CCN(C(=O)CCc3ccccc3)CC2)c1. The van der Waals surface area contributed by atoms with E-state index in [0.29, 0.717) is 6.42 Å². The zero-order valence-corrected chi connectivity index (χ0v) is 16.8. The van der Waals surface area contributed by atoms with Crippen molar-refractivity contribution in [1.29, 1.82) is 0 Å². The molecule has 2 aromatic rings. The largest absolute Gasteiger partial charge is 0.345 e. The van der Waals surface area contributed by atoms with Gasteiger partial charge in [0.2, 0.25) is 5.91 Å². The maximum absolute atomic E-state index is 12.5. The van der Waals surface area contributed by atoms with E-state index in [1.54, 1.807) is 19.0 Å². The van der Waals surface area contributed by atoms with Gasteiger partial charge in [0.15, 0.2) is 0 Å². The maximum Gasteiger partial charge on any atom is 0.253 e. The van der Waals surface area contributed by atoms with Crippen molar-refractivity contribution in [3.05, 3.63) is 71.3 Å². The molecule has 0 saturated carbocycles. The van der Waals surface area contributed by atoms with Crippen molar-refractivity contribution in [2.75, 3.05) is 40.3 Å². The second-order valence-corrected chi connectivity index (χ2v) is 7.54. The van der Waals surface area contributed by atoms with Crippen LogP contribution in [-0.4, -0.2) is 66.8 Å². The van der Waals surface area contributed by atoms with Crippen molar-refractivity contribution < 1.29 is 9.59 Å². The number of carbonyl (C=O) groups is 2. The number of aryl methyl sites for hydroxylation is 1. The number of hydrogen-bond donors (Lipinski definition) is 0. The first-order valence-corrected chi connectivity index (χ1v) is 9.87. The van der Waals surface area contributed by atoms with Gasteiger partial charge in [-0.3, -0.25) is 14.5 Å². The minimum absolute atomic E-state index is 0.0238. The molecule has 3 rings (SSSR count). The van der Waals surface area contributed by atoms with Gasteiger partial charge in [-0.2, -0.15) is 0 Å². The summed E-state index contributed by atoms with van der Waals surface area (Å²) in [7, 11) is 3.53. The first-order valence-electron chi connectivity index (χ1n) is 9.87. The van der Waals surface area contributed by atoms with Crippen LogP contribution < -0.4 is 0 Å². The minimum atomic E-state index is 0.0238. The summed E-state index contributed by atoms with van der Waals surface area (Å²) in [6, 6.07) is 18.0. The lowest BCUT2D eigenvalue weighted by atomic mass is 10.1. The third-order valence-electron chi connectivity index (χ3n) is 5.18. The Bertz CT molecular complexity index is 797. The Balaban J connectivity index is 1.47. The normalized spacial score (nSPS) is 14.7. The van der Waals surface area contributed by atoms with Crippen molar-refractivity contribution in [2.24, 2.45) is 0 Å².